The summed E-state index contributed by atoms with van der Waals surface area (Å²) < 4.78 is 4.94. The molecule has 0 aliphatic carbocycles. The predicted molar refractivity (Wildman–Crippen MR) is 54.4 cm³/mol. The summed E-state index contributed by atoms with van der Waals surface area (Å²) in [7, 11) is 1.45. The topological polar surface area (TPSA) is 46.5 Å². The van der Waals surface area contributed by atoms with Gasteiger partial charge in [0, 0.05) is 11.1 Å². The number of methoxy groups -OCH3 is 1. The number of hydrogen-bond acceptors (Lipinski definition) is 2. The zero-order valence-corrected chi connectivity index (χ0v) is 8.89. The van der Waals surface area contributed by atoms with Crippen LogP contribution >= 0.6 is 23.2 Å². The molecule has 3 nitrogen and oxygen atoms in total. The van der Waals surface area contributed by atoms with Gasteiger partial charge in [-0.25, -0.2) is 0 Å². The smallest absolute Gasteiger partial charge is 0.307 e. The number of ether oxygens (including phenoxy) is 1. The summed E-state index contributed by atoms with van der Waals surface area (Å²) in [5.74, 6) is -0.577. The van der Waals surface area contributed by atoms with Crippen LogP contribution in [0, 0.1) is 0 Å². The van der Waals surface area contributed by atoms with Crippen molar-refractivity contribution in [3.05, 3.63) is 27.7 Å². The Morgan fingerprint density at radius 3 is 2.64 bits per heavy atom. The minimum atomic E-state index is -0.962. The van der Waals surface area contributed by atoms with Gasteiger partial charge in [-0.15, -0.1) is 0 Å². The van der Waals surface area contributed by atoms with Gasteiger partial charge in [-0.2, -0.15) is 0 Å². The lowest BCUT2D eigenvalue weighted by Crippen LogP contribution is -2.01. The maximum Gasteiger partial charge on any atom is 0.307 e. The molecule has 1 N–H and O–H groups in total. The molecule has 1 aromatic carbocycles. The van der Waals surface area contributed by atoms with Crippen molar-refractivity contribution in [2.24, 2.45) is 0 Å². The molecule has 0 radical (unpaired) electrons. The van der Waals surface area contributed by atoms with Gasteiger partial charge in [0.15, 0.2) is 0 Å². The summed E-state index contributed by atoms with van der Waals surface area (Å²) in [5, 5.41) is 9.30. The van der Waals surface area contributed by atoms with Crippen LogP contribution in [0.15, 0.2) is 12.1 Å². The van der Waals surface area contributed by atoms with Gasteiger partial charge < -0.3 is 9.84 Å². The van der Waals surface area contributed by atoms with Gasteiger partial charge in [-0.3, -0.25) is 4.79 Å². The number of carboxylic acids is 1. The van der Waals surface area contributed by atoms with Crippen LogP contribution < -0.4 is 4.74 Å². The molecule has 5 heteroatoms. The van der Waals surface area contributed by atoms with E-state index in [0.717, 1.165) is 0 Å². The molecule has 0 saturated heterocycles. The van der Waals surface area contributed by atoms with Gasteiger partial charge in [0.1, 0.15) is 5.75 Å². The summed E-state index contributed by atoms with van der Waals surface area (Å²) in [6.07, 6.45) is -0.171. The Hall–Kier alpha value is -0.930. The molecule has 0 aliphatic rings. The third-order valence-electron chi connectivity index (χ3n) is 1.64. The third-order valence-corrected chi connectivity index (χ3v) is 2.29. The van der Waals surface area contributed by atoms with E-state index in [9.17, 15) is 4.79 Å². The van der Waals surface area contributed by atoms with Crippen LogP contribution in [0.4, 0.5) is 0 Å². The van der Waals surface area contributed by atoms with E-state index in [-0.39, 0.29) is 6.42 Å². The Balaban J connectivity index is 3.15. The molecule has 0 unspecified atom stereocenters. The van der Waals surface area contributed by atoms with Crippen LogP contribution in [0.5, 0.6) is 5.75 Å². The fourth-order valence-corrected chi connectivity index (χ4v) is 1.54. The summed E-state index contributed by atoms with van der Waals surface area (Å²) in [6.45, 7) is 0. The number of aliphatic carboxylic acids is 1. The average Bonchev–Trinajstić information content (AvgIpc) is 2.09. The van der Waals surface area contributed by atoms with E-state index in [0.29, 0.717) is 21.4 Å². The second kappa shape index (κ2) is 4.53. The van der Waals surface area contributed by atoms with E-state index < -0.39 is 5.97 Å². The normalized spacial score (nSPS) is 9.93. The third kappa shape index (κ3) is 2.53. The van der Waals surface area contributed by atoms with E-state index in [1.165, 1.54) is 19.2 Å². The highest BCUT2D eigenvalue weighted by molar-refractivity contribution is 6.35. The van der Waals surface area contributed by atoms with E-state index in [1.807, 2.05) is 0 Å². The van der Waals surface area contributed by atoms with Crippen molar-refractivity contribution >= 4 is 29.2 Å². The molecule has 1 rings (SSSR count). The van der Waals surface area contributed by atoms with Crippen molar-refractivity contribution < 1.29 is 14.6 Å². The molecule has 14 heavy (non-hydrogen) atoms. The van der Waals surface area contributed by atoms with Gasteiger partial charge in [0.25, 0.3) is 0 Å². The lowest BCUT2D eigenvalue weighted by Gasteiger charge is -2.07. The van der Waals surface area contributed by atoms with Crippen molar-refractivity contribution in [1.82, 2.24) is 0 Å². The van der Waals surface area contributed by atoms with E-state index in [2.05, 4.69) is 0 Å². The molecule has 0 spiro atoms. The van der Waals surface area contributed by atoms with Crippen molar-refractivity contribution in [3.8, 4) is 5.75 Å². The second-order valence-electron chi connectivity index (χ2n) is 2.65. The summed E-state index contributed by atoms with van der Waals surface area (Å²) in [6, 6.07) is 3.05. The SMILES string of the molecule is COc1cc(Cl)cc(CC(=O)O)c1Cl. The van der Waals surface area contributed by atoms with Crippen LogP contribution in [0.1, 0.15) is 5.56 Å². The summed E-state index contributed by atoms with van der Waals surface area (Å²) in [4.78, 5) is 10.5. The Labute approximate surface area is 91.2 Å². The first-order valence-electron chi connectivity index (χ1n) is 3.78. The highest BCUT2D eigenvalue weighted by Gasteiger charge is 2.11. The number of rotatable bonds is 3. The van der Waals surface area contributed by atoms with Crippen molar-refractivity contribution in [3.63, 3.8) is 0 Å². The fourth-order valence-electron chi connectivity index (χ4n) is 1.06. The molecular weight excluding hydrogens is 227 g/mol. The van der Waals surface area contributed by atoms with Gasteiger partial charge in [0.05, 0.1) is 18.6 Å². The highest BCUT2D eigenvalue weighted by atomic mass is 35.5. The van der Waals surface area contributed by atoms with Gasteiger partial charge in [-0.1, -0.05) is 23.2 Å². The molecule has 0 aromatic heterocycles. The number of carboxylic acid groups (broad SMARTS) is 1. The van der Waals surface area contributed by atoms with Gasteiger partial charge in [0.2, 0.25) is 0 Å². The second-order valence-corrected chi connectivity index (χ2v) is 3.47. The molecule has 0 aliphatic heterocycles. The molecule has 0 atom stereocenters. The molecule has 0 bridgehead atoms. The maximum absolute atomic E-state index is 10.5. The van der Waals surface area contributed by atoms with Crippen LogP contribution in [0.25, 0.3) is 0 Å². The molecular formula is C9H8Cl2O3. The van der Waals surface area contributed by atoms with Gasteiger partial charge >= 0.3 is 5.97 Å². The van der Waals surface area contributed by atoms with E-state index >= 15 is 0 Å². The first-order valence-corrected chi connectivity index (χ1v) is 4.54. The quantitative estimate of drug-likeness (QED) is 0.875. The summed E-state index contributed by atoms with van der Waals surface area (Å²) in [5.41, 5.74) is 0.448. The van der Waals surface area contributed by atoms with E-state index in [1.54, 1.807) is 0 Å². The Morgan fingerprint density at radius 1 is 1.50 bits per heavy atom. The Morgan fingerprint density at radius 2 is 2.14 bits per heavy atom. The van der Waals surface area contributed by atoms with Crippen LogP contribution in [-0.2, 0) is 11.2 Å². The minimum absolute atomic E-state index is 0.171. The lowest BCUT2D eigenvalue weighted by molar-refractivity contribution is -0.136. The Bertz CT molecular complexity index is 363. The minimum Gasteiger partial charge on any atom is -0.495 e. The monoisotopic (exact) mass is 234 g/mol. The maximum atomic E-state index is 10.5. The molecule has 1 aromatic rings. The first-order chi connectivity index (χ1) is 6.54. The standard InChI is InChI=1S/C9H8Cl2O3/c1-14-7-4-6(10)2-5(9(7)11)3-8(12)13/h2,4H,3H2,1H3,(H,12,13). The fraction of sp³-hybridized carbons (Fsp3) is 0.222. The summed E-state index contributed by atoms with van der Waals surface area (Å²) >= 11 is 11.6. The molecule has 0 saturated carbocycles. The van der Waals surface area contributed by atoms with Gasteiger partial charge in [-0.05, 0) is 11.6 Å². The largest absolute Gasteiger partial charge is 0.495 e. The van der Waals surface area contributed by atoms with Crippen LogP contribution in [-0.4, -0.2) is 18.2 Å². The number of benzene rings is 1. The van der Waals surface area contributed by atoms with Crippen LogP contribution in [0.2, 0.25) is 10.0 Å². The Kier molecular flexibility index (Phi) is 3.61. The predicted octanol–water partition coefficient (Wildman–Crippen LogP) is 2.63. The molecule has 76 valence electrons. The zero-order chi connectivity index (χ0) is 10.7. The molecule has 0 heterocycles. The average molecular weight is 235 g/mol. The highest BCUT2D eigenvalue weighted by Crippen LogP contribution is 2.32. The van der Waals surface area contributed by atoms with Crippen molar-refractivity contribution in [1.29, 1.82) is 0 Å². The number of hydrogen-bond donors (Lipinski definition) is 1. The number of halogens is 2. The molecule has 0 fully saturated rings. The van der Waals surface area contributed by atoms with E-state index in [4.69, 9.17) is 33.0 Å². The zero-order valence-electron chi connectivity index (χ0n) is 7.38. The first kappa shape index (κ1) is 11.1. The number of carbonyl (C=O) groups is 1. The van der Waals surface area contributed by atoms with Crippen molar-refractivity contribution in [2.45, 2.75) is 6.42 Å². The lowest BCUT2D eigenvalue weighted by atomic mass is 10.1. The van der Waals surface area contributed by atoms with Crippen LogP contribution in [0.3, 0.4) is 0 Å². The van der Waals surface area contributed by atoms with Crippen molar-refractivity contribution in [2.75, 3.05) is 7.11 Å². The molecule has 0 amide bonds.